The summed E-state index contributed by atoms with van der Waals surface area (Å²) in [7, 11) is -1.99. The van der Waals surface area contributed by atoms with Crippen molar-refractivity contribution in [2.75, 3.05) is 0 Å². The normalized spacial score (nSPS) is 21.5. The van der Waals surface area contributed by atoms with E-state index in [2.05, 4.69) is 76.8 Å². The van der Waals surface area contributed by atoms with Gasteiger partial charge in [0.05, 0.1) is 27.8 Å². The van der Waals surface area contributed by atoms with E-state index in [9.17, 15) is 9.90 Å². The van der Waals surface area contributed by atoms with Gasteiger partial charge in [-0.1, -0.05) is 26.8 Å². The number of carboxylic acid groups (broad SMARTS) is 1. The Hall–Kier alpha value is -0.913. The predicted octanol–water partition coefficient (Wildman–Crippen LogP) is 4.87. The van der Waals surface area contributed by atoms with Crippen molar-refractivity contribution in [3.8, 4) is 0 Å². The summed E-state index contributed by atoms with van der Waals surface area (Å²) in [5.74, 6) is -1.12. The largest absolute Gasteiger partial charge is 0.545 e. The molecule has 24 heavy (non-hydrogen) atoms. The van der Waals surface area contributed by atoms with E-state index < -0.39 is 14.2 Å². The van der Waals surface area contributed by atoms with Gasteiger partial charge in [0.1, 0.15) is 5.69 Å². The Kier molecular flexibility index (Phi) is 4.48. The summed E-state index contributed by atoms with van der Waals surface area (Å²) in [5.41, 5.74) is 2.30. The van der Waals surface area contributed by atoms with E-state index in [1.54, 1.807) is 6.07 Å². The van der Waals surface area contributed by atoms with Crippen LogP contribution in [0.3, 0.4) is 0 Å². The molecule has 0 amide bonds. The Labute approximate surface area is 155 Å². The molecule has 132 valence electrons. The quantitative estimate of drug-likeness (QED) is 0.653. The number of carbonyl (C=O) groups is 1. The number of hydrogen-bond acceptors (Lipinski definition) is 2. The molecule has 0 N–H and O–H groups in total. The molecule has 1 aromatic rings. The molecule has 1 atom stereocenters. The molecule has 5 heteroatoms. The first-order chi connectivity index (χ1) is 10.7. The lowest BCUT2D eigenvalue weighted by Gasteiger charge is -2.57. The molecule has 1 aliphatic rings. The number of fused-ring (bicyclic) bond motifs is 1. The summed E-state index contributed by atoms with van der Waals surface area (Å²) in [6, 6.07) is 5.36. The van der Waals surface area contributed by atoms with Crippen LogP contribution in [0.25, 0.3) is 4.48 Å². The Morgan fingerprint density at radius 1 is 1.12 bits per heavy atom. The average Bonchev–Trinajstić information content (AvgIpc) is 2.71. The van der Waals surface area contributed by atoms with Gasteiger partial charge in [0.2, 0.25) is 0 Å². The highest BCUT2D eigenvalue weighted by Crippen LogP contribution is 2.56. The van der Waals surface area contributed by atoms with Crippen molar-refractivity contribution < 1.29 is 9.90 Å². The van der Waals surface area contributed by atoms with E-state index in [1.165, 1.54) is 0 Å². The fourth-order valence-electron chi connectivity index (χ4n) is 3.85. The molecule has 1 unspecified atom stereocenters. The number of nitrogens with zero attached hydrogens (tertiary/aromatic N) is 1. The van der Waals surface area contributed by atoms with E-state index in [0.29, 0.717) is 4.15 Å². The second-order valence-electron chi connectivity index (χ2n) is 9.20. The maximum atomic E-state index is 11.5. The second-order valence-corrected chi connectivity index (χ2v) is 15.4. The molecule has 0 saturated carbocycles. The molecule has 1 aliphatic heterocycles. The number of halogens is 1. The third kappa shape index (κ3) is 2.52. The highest BCUT2D eigenvalue weighted by Gasteiger charge is 2.63. The topological polar surface area (TPSA) is 40.1 Å². The summed E-state index contributed by atoms with van der Waals surface area (Å²) >= 11 is 3.73. The lowest BCUT2D eigenvalue weighted by molar-refractivity contribution is -0.255. The maximum absolute atomic E-state index is 11.5. The first-order valence-electron chi connectivity index (χ1n) is 8.30. The fraction of sp³-hybridized carbons (Fsp3) is 0.526. The van der Waals surface area contributed by atoms with Crippen LogP contribution in [-0.4, -0.2) is 19.7 Å². The first kappa shape index (κ1) is 19.4. The lowest BCUT2D eigenvalue weighted by atomic mass is 10.0. The molecule has 0 fully saturated rings. The molecule has 0 aliphatic carbocycles. The van der Waals surface area contributed by atoms with Crippen molar-refractivity contribution in [3.63, 3.8) is 0 Å². The monoisotopic (exact) mass is 409 g/mol. The van der Waals surface area contributed by atoms with Crippen molar-refractivity contribution in [1.29, 1.82) is 0 Å². The number of carbonyl (C=O) groups excluding carboxylic acids is 1. The van der Waals surface area contributed by atoms with Crippen LogP contribution in [0.1, 0.15) is 57.5 Å². The van der Waals surface area contributed by atoms with Crippen LogP contribution in [-0.2, 0) is 0 Å². The summed E-state index contributed by atoms with van der Waals surface area (Å²) in [4.78, 5) is 11.5. The summed E-state index contributed by atoms with van der Waals surface area (Å²) in [6.45, 7) is 18.4. The van der Waals surface area contributed by atoms with Crippen molar-refractivity contribution in [2.24, 2.45) is 0 Å². The van der Waals surface area contributed by atoms with Gasteiger partial charge in [0.15, 0.2) is 0 Å². The molecule has 0 bridgehead atoms. The number of carboxylic acids is 1. The minimum absolute atomic E-state index is 0.0994. The Balaban J connectivity index is 2.92. The second kappa shape index (κ2) is 5.54. The van der Waals surface area contributed by atoms with Crippen LogP contribution in [0.4, 0.5) is 5.69 Å². The van der Waals surface area contributed by atoms with Gasteiger partial charge in [-0.25, -0.2) is 0 Å². The smallest absolute Gasteiger partial charge is 0.294 e. The Morgan fingerprint density at radius 2 is 1.67 bits per heavy atom. The number of benzene rings is 1. The zero-order chi connectivity index (χ0) is 18.7. The van der Waals surface area contributed by atoms with Gasteiger partial charge in [-0.15, -0.1) is 0 Å². The highest BCUT2D eigenvalue weighted by atomic mass is 79.9. The SMILES string of the molecule is CC(C)(C)[N+]1([Si](C)(C)C(C)(C)C)C=C(Br)c2ccc(C(=O)[O-])cc21. The van der Waals surface area contributed by atoms with Gasteiger partial charge in [-0.05, 0) is 55.9 Å². The molecule has 2 rings (SSSR count). The van der Waals surface area contributed by atoms with Gasteiger partial charge in [-0.3, -0.25) is 0 Å². The molecular weight excluding hydrogens is 382 g/mol. The minimum Gasteiger partial charge on any atom is -0.545 e. The van der Waals surface area contributed by atoms with E-state index >= 15 is 0 Å². The van der Waals surface area contributed by atoms with Gasteiger partial charge >= 0.3 is 0 Å². The van der Waals surface area contributed by atoms with Crippen LogP contribution >= 0.6 is 15.9 Å². The average molecular weight is 410 g/mol. The Bertz CT molecular complexity index is 726. The fourth-order valence-corrected chi connectivity index (χ4v) is 8.65. The summed E-state index contributed by atoms with van der Waals surface area (Å²) < 4.78 is 1.75. The first-order valence-corrected chi connectivity index (χ1v) is 12.0. The molecule has 0 aromatic heterocycles. The molecule has 0 radical (unpaired) electrons. The van der Waals surface area contributed by atoms with Gasteiger partial charge < -0.3 is 14.0 Å². The molecule has 0 spiro atoms. The van der Waals surface area contributed by atoms with E-state index in [4.69, 9.17) is 0 Å². The van der Waals surface area contributed by atoms with Gasteiger partial charge in [0.25, 0.3) is 8.24 Å². The molecule has 3 nitrogen and oxygen atoms in total. The standard InChI is InChI=1S/C19H28BrNO2Si/c1-18(2,3)21(24(7,8)19(4,5)6)12-15(20)14-10-9-13(17(22)23)11-16(14)21/h9-12H,1-8H3. The number of hydrogen-bond donors (Lipinski definition) is 0. The Morgan fingerprint density at radius 3 is 2.08 bits per heavy atom. The van der Waals surface area contributed by atoms with Crippen molar-refractivity contribution >= 4 is 40.3 Å². The van der Waals surface area contributed by atoms with Crippen LogP contribution in [0, 0.1) is 0 Å². The number of aromatic carboxylic acids is 1. The molecule has 0 saturated heterocycles. The molecule has 1 aromatic carbocycles. The minimum atomic E-state index is -1.99. The highest BCUT2D eigenvalue weighted by molar-refractivity contribution is 9.15. The van der Waals surface area contributed by atoms with Crippen molar-refractivity contribution in [3.05, 3.63) is 35.5 Å². The third-order valence-corrected chi connectivity index (χ3v) is 13.1. The number of rotatable bonds is 2. The van der Waals surface area contributed by atoms with Crippen LogP contribution in [0.5, 0.6) is 0 Å². The molecule has 1 heterocycles. The zero-order valence-electron chi connectivity index (χ0n) is 16.0. The lowest BCUT2D eigenvalue weighted by Crippen LogP contribution is -2.74. The van der Waals surface area contributed by atoms with Crippen LogP contribution < -0.4 is 9.26 Å². The molecular formula is C19H28BrNO2Si. The predicted molar refractivity (Wildman–Crippen MR) is 106 cm³/mol. The third-order valence-electron chi connectivity index (χ3n) is 5.95. The van der Waals surface area contributed by atoms with E-state index in [-0.39, 0.29) is 16.1 Å². The summed E-state index contributed by atoms with van der Waals surface area (Å²) in [5, 5.41) is 11.6. The number of quaternary nitrogens is 1. The van der Waals surface area contributed by atoms with Crippen molar-refractivity contribution in [2.45, 2.75) is 65.2 Å². The van der Waals surface area contributed by atoms with Crippen LogP contribution in [0.2, 0.25) is 18.1 Å². The zero-order valence-corrected chi connectivity index (χ0v) is 18.5. The van der Waals surface area contributed by atoms with E-state index in [1.807, 2.05) is 12.1 Å². The van der Waals surface area contributed by atoms with E-state index in [0.717, 1.165) is 15.7 Å². The van der Waals surface area contributed by atoms with Crippen molar-refractivity contribution in [1.82, 2.24) is 4.15 Å². The summed E-state index contributed by atoms with van der Waals surface area (Å²) in [6.07, 6.45) is 2.29. The van der Waals surface area contributed by atoms with Gasteiger partial charge in [-0.2, -0.15) is 0 Å². The van der Waals surface area contributed by atoms with Crippen LogP contribution in [0.15, 0.2) is 24.4 Å². The maximum Gasteiger partial charge on any atom is 0.294 e. The van der Waals surface area contributed by atoms with Gasteiger partial charge in [0, 0.05) is 16.7 Å².